The molecule has 0 bridgehead atoms. The summed E-state index contributed by atoms with van der Waals surface area (Å²) in [6.45, 7) is 8.09. The van der Waals surface area contributed by atoms with Crippen molar-refractivity contribution in [1.82, 2.24) is 4.90 Å². The van der Waals surface area contributed by atoms with Gasteiger partial charge in [-0.2, -0.15) is 0 Å². The summed E-state index contributed by atoms with van der Waals surface area (Å²) in [4.78, 5) is 2.51. The minimum atomic E-state index is -0.156. The molecule has 1 saturated heterocycles. The van der Waals surface area contributed by atoms with Gasteiger partial charge < -0.3 is 28.3 Å². The molecule has 0 unspecified atom stereocenters. The molecule has 2 aromatic carbocycles. The van der Waals surface area contributed by atoms with E-state index >= 15 is 0 Å². The van der Waals surface area contributed by atoms with E-state index < -0.39 is 0 Å². The van der Waals surface area contributed by atoms with E-state index in [2.05, 4.69) is 17.0 Å². The number of rotatable bonds is 9. The van der Waals surface area contributed by atoms with E-state index in [4.69, 9.17) is 34.2 Å². The molecule has 8 nitrogen and oxygen atoms in total. The Balaban J connectivity index is 1.08. The van der Waals surface area contributed by atoms with Gasteiger partial charge in [-0.3, -0.25) is 10.8 Å². The minimum absolute atomic E-state index is 0.0665. The van der Waals surface area contributed by atoms with Gasteiger partial charge >= 0.3 is 0 Å². The van der Waals surface area contributed by atoms with E-state index in [1.165, 1.54) is 5.56 Å². The second-order valence-electron chi connectivity index (χ2n) is 10.2. The normalized spacial score (nSPS) is 15.9. The van der Waals surface area contributed by atoms with Crippen LogP contribution in [0.4, 0.5) is 0 Å². The molecule has 3 heterocycles. The molecule has 2 aliphatic heterocycles. The second-order valence-corrected chi connectivity index (χ2v) is 10.2. The maximum atomic E-state index is 8.18. The first-order valence-corrected chi connectivity index (χ1v) is 13.1. The van der Waals surface area contributed by atoms with Gasteiger partial charge in [0.25, 0.3) is 5.90 Å². The van der Waals surface area contributed by atoms with Crippen molar-refractivity contribution in [2.24, 2.45) is 5.92 Å². The van der Waals surface area contributed by atoms with Gasteiger partial charge in [0.05, 0.1) is 12.0 Å². The molecule has 0 aliphatic carbocycles. The third kappa shape index (κ3) is 6.07. The van der Waals surface area contributed by atoms with Crippen LogP contribution >= 0.6 is 0 Å². The summed E-state index contributed by atoms with van der Waals surface area (Å²) >= 11 is 0. The average Bonchev–Trinajstić information content (AvgIpc) is 3.53. The van der Waals surface area contributed by atoms with E-state index in [1.807, 2.05) is 38.1 Å². The smallest absolute Gasteiger partial charge is 0.256 e. The zero-order chi connectivity index (χ0) is 25.8. The molecule has 0 spiro atoms. The van der Waals surface area contributed by atoms with Gasteiger partial charge in [-0.25, -0.2) is 0 Å². The van der Waals surface area contributed by atoms with Crippen molar-refractivity contribution in [3.8, 4) is 17.2 Å². The predicted molar refractivity (Wildman–Crippen MR) is 142 cm³/mol. The molecule has 196 valence electrons. The highest BCUT2D eigenvalue weighted by Crippen LogP contribution is 2.37. The number of hydrogen-bond donors (Lipinski definition) is 2. The number of nitrogens with zero attached hydrogens (tertiary/aromatic N) is 1. The summed E-state index contributed by atoms with van der Waals surface area (Å²) in [5.41, 5.74) is 1.98. The molecule has 0 saturated carbocycles. The van der Waals surface area contributed by atoms with Crippen molar-refractivity contribution in [3.05, 3.63) is 53.8 Å². The quantitative estimate of drug-likeness (QED) is 0.205. The first-order chi connectivity index (χ1) is 18.0. The molecular formula is C29H35N3O5. The molecule has 0 amide bonds. The van der Waals surface area contributed by atoms with Gasteiger partial charge in [0.2, 0.25) is 6.79 Å². The molecule has 2 aliphatic rings. The first-order valence-electron chi connectivity index (χ1n) is 13.1. The van der Waals surface area contributed by atoms with Crippen LogP contribution in [0, 0.1) is 16.7 Å². The van der Waals surface area contributed by atoms with Gasteiger partial charge in [-0.15, -0.1) is 0 Å². The molecule has 1 aromatic heterocycles. The van der Waals surface area contributed by atoms with Crippen LogP contribution in [-0.2, 0) is 4.74 Å². The molecule has 0 atom stereocenters. The molecule has 37 heavy (non-hydrogen) atoms. The third-order valence-electron chi connectivity index (χ3n) is 6.90. The fourth-order valence-corrected chi connectivity index (χ4v) is 4.99. The van der Waals surface area contributed by atoms with Crippen LogP contribution in [0.15, 0.2) is 46.9 Å². The first kappa shape index (κ1) is 25.1. The standard InChI is InChI=1S/C29H35N3O5/c1-19(2)15-28(30)37-29(31)27-17-22-23(5-3-6-24(22)36-27)33-14-4-11-32-12-9-20(10-13-32)21-7-8-25-26(16-21)35-18-34-25/h3,5-8,16-17,19-20,30-31H,4,9-15,18H2,1-2H3. The number of ether oxygens (including phenoxy) is 4. The number of hydrogen-bond acceptors (Lipinski definition) is 8. The Labute approximate surface area is 217 Å². The lowest BCUT2D eigenvalue weighted by Crippen LogP contribution is -2.34. The zero-order valence-electron chi connectivity index (χ0n) is 21.5. The number of piperidine rings is 1. The Hall–Kier alpha value is -3.52. The fourth-order valence-electron chi connectivity index (χ4n) is 4.99. The van der Waals surface area contributed by atoms with E-state index in [1.54, 1.807) is 6.07 Å². The lowest BCUT2D eigenvalue weighted by molar-refractivity contribution is 0.173. The highest BCUT2D eigenvalue weighted by molar-refractivity contribution is 6.00. The Morgan fingerprint density at radius 2 is 1.86 bits per heavy atom. The Morgan fingerprint density at radius 1 is 1.05 bits per heavy atom. The molecule has 1 fully saturated rings. The van der Waals surface area contributed by atoms with Crippen LogP contribution in [0.25, 0.3) is 11.0 Å². The molecule has 5 rings (SSSR count). The highest BCUT2D eigenvalue weighted by Gasteiger charge is 2.23. The van der Waals surface area contributed by atoms with E-state index in [0.29, 0.717) is 37.1 Å². The Morgan fingerprint density at radius 3 is 2.68 bits per heavy atom. The van der Waals surface area contributed by atoms with Gasteiger partial charge in [-0.1, -0.05) is 26.0 Å². The van der Waals surface area contributed by atoms with Gasteiger partial charge in [0, 0.05) is 19.0 Å². The van der Waals surface area contributed by atoms with Crippen LogP contribution in [0.3, 0.4) is 0 Å². The van der Waals surface area contributed by atoms with Crippen LogP contribution in [0.2, 0.25) is 0 Å². The summed E-state index contributed by atoms with van der Waals surface area (Å²) in [6, 6.07) is 13.8. The number of furan rings is 1. The molecule has 8 heteroatoms. The van der Waals surface area contributed by atoms with Crippen molar-refractivity contribution >= 4 is 22.8 Å². The van der Waals surface area contributed by atoms with Gasteiger partial charge in [-0.05, 0) is 74.0 Å². The topological polar surface area (TPSA) is 101 Å². The molecule has 3 aromatic rings. The maximum absolute atomic E-state index is 8.18. The van der Waals surface area contributed by atoms with Crippen LogP contribution in [0.1, 0.15) is 56.8 Å². The summed E-state index contributed by atoms with van der Waals surface area (Å²) < 4.78 is 28.2. The summed E-state index contributed by atoms with van der Waals surface area (Å²) in [7, 11) is 0. The summed E-state index contributed by atoms with van der Waals surface area (Å²) in [5.74, 6) is 3.51. The maximum Gasteiger partial charge on any atom is 0.256 e. The SMILES string of the molecule is CC(C)CC(=N)OC(=N)c1cc2c(OCCCN3CCC(c4ccc5c(c4)OCO5)CC3)cccc2o1. The van der Waals surface area contributed by atoms with Crippen molar-refractivity contribution in [3.63, 3.8) is 0 Å². The molecular weight excluding hydrogens is 470 g/mol. The average molecular weight is 506 g/mol. The number of fused-ring (bicyclic) bond motifs is 2. The van der Waals surface area contributed by atoms with Crippen LogP contribution in [0.5, 0.6) is 17.2 Å². The lowest BCUT2D eigenvalue weighted by Gasteiger charge is -2.32. The van der Waals surface area contributed by atoms with Crippen molar-refractivity contribution in [2.75, 3.05) is 33.0 Å². The largest absolute Gasteiger partial charge is 0.493 e. The molecule has 0 radical (unpaired) electrons. The number of benzene rings is 2. The van der Waals surface area contributed by atoms with Gasteiger partial charge in [0.15, 0.2) is 23.2 Å². The van der Waals surface area contributed by atoms with E-state index in [0.717, 1.165) is 61.5 Å². The number of likely N-dealkylation sites (tertiary alicyclic amines) is 1. The fraction of sp³-hybridized carbons (Fsp3) is 0.448. The monoisotopic (exact) mass is 505 g/mol. The van der Waals surface area contributed by atoms with E-state index in [-0.39, 0.29) is 17.7 Å². The minimum Gasteiger partial charge on any atom is -0.493 e. The van der Waals surface area contributed by atoms with E-state index in [9.17, 15) is 0 Å². The van der Waals surface area contributed by atoms with Gasteiger partial charge in [0.1, 0.15) is 11.3 Å². The second kappa shape index (κ2) is 11.3. The molecule has 2 N–H and O–H groups in total. The Kier molecular flexibility index (Phi) is 7.65. The van der Waals surface area contributed by atoms with Crippen LogP contribution in [-0.4, -0.2) is 49.7 Å². The zero-order valence-corrected chi connectivity index (χ0v) is 21.5. The third-order valence-corrected chi connectivity index (χ3v) is 6.90. The predicted octanol–water partition coefficient (Wildman–Crippen LogP) is 6.18. The van der Waals surface area contributed by atoms with Crippen LogP contribution < -0.4 is 14.2 Å². The number of nitrogens with one attached hydrogen (secondary N) is 2. The van der Waals surface area contributed by atoms with Crippen molar-refractivity contribution < 1.29 is 23.4 Å². The Bertz CT molecular complexity index is 1260. The van der Waals surface area contributed by atoms with Crippen molar-refractivity contribution in [1.29, 1.82) is 10.8 Å². The highest BCUT2D eigenvalue weighted by atomic mass is 16.7. The lowest BCUT2D eigenvalue weighted by atomic mass is 9.89. The van der Waals surface area contributed by atoms with Crippen molar-refractivity contribution in [2.45, 2.75) is 45.4 Å². The summed E-state index contributed by atoms with van der Waals surface area (Å²) in [5, 5.41) is 16.9. The summed E-state index contributed by atoms with van der Waals surface area (Å²) in [6.07, 6.45) is 3.69.